The molecule has 0 aromatic heterocycles. The minimum atomic E-state index is -1.51. The molecule has 15 nitrogen and oxygen atoms in total. The maximum absolute atomic E-state index is 14.6. The van der Waals surface area contributed by atoms with Crippen molar-refractivity contribution < 1.29 is 38.7 Å². The van der Waals surface area contributed by atoms with Gasteiger partial charge < -0.3 is 41.9 Å². The number of fused-ring (bicyclic) bond motifs is 2. The van der Waals surface area contributed by atoms with E-state index in [0.717, 1.165) is 0 Å². The largest absolute Gasteiger partial charge is 0.391 e. The highest BCUT2D eigenvalue weighted by atomic mass is 16.3. The number of nitrogens with one attached hydrogen (secondary N) is 6. The molecular formula is C40H53N7O8. The molecule has 0 radical (unpaired) electrons. The van der Waals surface area contributed by atoms with Crippen LogP contribution in [0.5, 0.6) is 0 Å². The van der Waals surface area contributed by atoms with Gasteiger partial charge in [-0.1, -0.05) is 68.8 Å². The number of carbonyl (C=O) groups excluding carboxylic acids is 7. The lowest BCUT2D eigenvalue weighted by atomic mass is 9.98. The summed E-state index contributed by atoms with van der Waals surface area (Å²) in [4.78, 5) is 98.1. The molecule has 9 atom stereocenters. The highest BCUT2D eigenvalue weighted by molar-refractivity contribution is 5.98. The first-order valence-electron chi connectivity index (χ1n) is 19.1. The second kappa shape index (κ2) is 18.3. The third-order valence-corrected chi connectivity index (χ3v) is 10.5. The quantitative estimate of drug-likeness (QED) is 0.208. The molecule has 1 unspecified atom stereocenters. The Morgan fingerprint density at radius 3 is 2.09 bits per heavy atom. The van der Waals surface area contributed by atoms with E-state index in [-0.39, 0.29) is 31.7 Å². The Bertz CT molecular complexity index is 1720. The van der Waals surface area contributed by atoms with Crippen LogP contribution in [0.4, 0.5) is 0 Å². The lowest BCUT2D eigenvalue weighted by Crippen LogP contribution is -2.61. The lowest BCUT2D eigenvalue weighted by molar-refractivity contribution is -0.143. The lowest BCUT2D eigenvalue weighted by Gasteiger charge is -2.31. The third kappa shape index (κ3) is 10.5. The number of hydrogen-bond donors (Lipinski definition) is 7. The van der Waals surface area contributed by atoms with Crippen LogP contribution < -0.4 is 31.9 Å². The van der Waals surface area contributed by atoms with Crippen molar-refractivity contribution in [2.24, 2.45) is 11.8 Å². The first-order valence-corrected chi connectivity index (χ1v) is 19.1. The summed E-state index contributed by atoms with van der Waals surface area (Å²) in [5, 5.41) is 27.5. The van der Waals surface area contributed by atoms with Crippen molar-refractivity contribution in [2.45, 2.75) is 115 Å². The second-order valence-corrected chi connectivity index (χ2v) is 15.3. The Morgan fingerprint density at radius 2 is 1.44 bits per heavy atom. The molecule has 0 bridgehead atoms. The van der Waals surface area contributed by atoms with Crippen molar-refractivity contribution in [3.8, 4) is 0 Å². The van der Waals surface area contributed by atoms with E-state index in [2.05, 4.69) is 31.9 Å². The molecule has 2 heterocycles. The van der Waals surface area contributed by atoms with Gasteiger partial charge in [0.15, 0.2) is 0 Å². The molecule has 3 aliphatic rings. The summed E-state index contributed by atoms with van der Waals surface area (Å²) in [6, 6.07) is 10.1. The maximum atomic E-state index is 14.6. The van der Waals surface area contributed by atoms with Gasteiger partial charge in [0.05, 0.1) is 12.0 Å². The molecule has 296 valence electrons. The summed E-state index contributed by atoms with van der Waals surface area (Å²) < 4.78 is 0. The number of benzene rings is 2. The van der Waals surface area contributed by atoms with Crippen molar-refractivity contribution in [2.75, 3.05) is 6.54 Å². The fourth-order valence-corrected chi connectivity index (χ4v) is 7.57. The number of aliphatic hydroxyl groups excluding tert-OH is 1. The van der Waals surface area contributed by atoms with Crippen LogP contribution in [0.1, 0.15) is 75.7 Å². The summed E-state index contributed by atoms with van der Waals surface area (Å²) in [5.74, 6) is -4.86. The van der Waals surface area contributed by atoms with Gasteiger partial charge in [0.1, 0.15) is 30.2 Å². The standard InChI is InChI=1S/C40H53N7O8/c1-22(2)18-30-37(52)46-33(24(4)48)39(54)45-31(19-25-12-7-5-8-13-25)40(55)47-21-27(42-35(50)26-14-9-6-10-15-26)20-32(47)38(53)41-23(3)34(49)43-29-17-11-16-28(29)36(51)44-30/h5-10,12-15,22-24,27-33,48H,11,16-21H2,1-4H3,(H,41,53)(H,42,50)(H,43,49)(H,44,51)(H,45,54)(H,46,52)/t23-,24+,27+,28+,29+,30-,31-,32?,33-/m0/s1. The van der Waals surface area contributed by atoms with E-state index < -0.39 is 95.7 Å². The summed E-state index contributed by atoms with van der Waals surface area (Å²) in [5.41, 5.74) is 1.07. The molecule has 3 fully saturated rings. The first kappa shape index (κ1) is 40.9. The SMILES string of the molecule is CC(C)C[C@@H]1NC(=O)[C@@H]2CCC[C@H]2NC(=O)[C@H](C)NC(=O)C2C[C@@H](NC(=O)c3ccccc3)CN2C(=O)[C@H](Cc2ccccc2)NC(=O)[C@H]([C@@H](C)O)NC1=O. The number of hydrogen-bond acceptors (Lipinski definition) is 8. The van der Waals surface area contributed by atoms with Gasteiger partial charge in [0.25, 0.3) is 5.91 Å². The van der Waals surface area contributed by atoms with Crippen LogP contribution >= 0.6 is 0 Å². The highest BCUT2D eigenvalue weighted by Gasteiger charge is 2.44. The van der Waals surface area contributed by atoms with E-state index in [9.17, 15) is 38.7 Å². The molecular weight excluding hydrogens is 706 g/mol. The number of amides is 7. The van der Waals surface area contributed by atoms with Gasteiger partial charge in [0.2, 0.25) is 35.4 Å². The fourth-order valence-electron chi connectivity index (χ4n) is 7.57. The molecule has 5 rings (SSSR count). The Balaban J connectivity index is 1.51. The van der Waals surface area contributed by atoms with Crippen molar-refractivity contribution in [3.63, 3.8) is 0 Å². The maximum Gasteiger partial charge on any atom is 0.251 e. The third-order valence-electron chi connectivity index (χ3n) is 10.5. The van der Waals surface area contributed by atoms with Crippen LogP contribution in [0, 0.1) is 11.8 Å². The number of rotatable bonds is 7. The van der Waals surface area contributed by atoms with E-state index >= 15 is 0 Å². The summed E-state index contributed by atoms with van der Waals surface area (Å²) in [7, 11) is 0. The Labute approximate surface area is 321 Å². The number of carbonyl (C=O) groups is 7. The summed E-state index contributed by atoms with van der Waals surface area (Å²) >= 11 is 0. The molecule has 2 aromatic carbocycles. The van der Waals surface area contributed by atoms with Crippen molar-refractivity contribution in [1.29, 1.82) is 0 Å². The van der Waals surface area contributed by atoms with Crippen molar-refractivity contribution in [1.82, 2.24) is 36.8 Å². The number of nitrogens with zero attached hydrogens (tertiary/aromatic N) is 1. The molecule has 2 saturated heterocycles. The Morgan fingerprint density at radius 1 is 0.782 bits per heavy atom. The minimum Gasteiger partial charge on any atom is -0.391 e. The fraction of sp³-hybridized carbons (Fsp3) is 0.525. The normalized spacial score (nSPS) is 28.9. The molecule has 1 aliphatic carbocycles. The van der Waals surface area contributed by atoms with E-state index in [1.165, 1.54) is 18.7 Å². The summed E-state index contributed by atoms with van der Waals surface area (Å²) in [6.07, 6.45) is 0.452. The van der Waals surface area contributed by atoms with Crippen molar-refractivity contribution >= 4 is 41.4 Å². The van der Waals surface area contributed by atoms with E-state index in [4.69, 9.17) is 0 Å². The zero-order valence-electron chi connectivity index (χ0n) is 31.7. The Kier molecular flexibility index (Phi) is 13.6. The molecule has 7 amide bonds. The van der Waals surface area contributed by atoms with Gasteiger partial charge in [-0.05, 0) is 63.1 Å². The van der Waals surface area contributed by atoms with Gasteiger partial charge in [-0.2, -0.15) is 0 Å². The second-order valence-electron chi connectivity index (χ2n) is 15.3. The van der Waals surface area contributed by atoms with Crippen molar-refractivity contribution in [3.05, 3.63) is 71.8 Å². The highest BCUT2D eigenvalue weighted by Crippen LogP contribution is 2.27. The van der Waals surface area contributed by atoms with Gasteiger partial charge in [-0.15, -0.1) is 0 Å². The molecule has 0 spiro atoms. The molecule has 2 aliphatic heterocycles. The zero-order valence-corrected chi connectivity index (χ0v) is 31.7. The van der Waals surface area contributed by atoms with E-state index in [1.54, 1.807) is 60.7 Å². The van der Waals surface area contributed by atoms with E-state index in [0.29, 0.717) is 30.4 Å². The minimum absolute atomic E-state index is 0.00854. The van der Waals surface area contributed by atoms with Gasteiger partial charge >= 0.3 is 0 Å². The van der Waals surface area contributed by atoms with Crippen LogP contribution in [0.2, 0.25) is 0 Å². The average molecular weight is 760 g/mol. The topological polar surface area (TPSA) is 215 Å². The van der Waals surface area contributed by atoms with Crippen LogP contribution in [0.15, 0.2) is 60.7 Å². The van der Waals surface area contributed by atoms with Crippen LogP contribution in [-0.2, 0) is 35.2 Å². The predicted octanol–water partition coefficient (Wildman–Crippen LogP) is 0.313. The van der Waals surface area contributed by atoms with E-state index in [1.807, 2.05) is 13.8 Å². The van der Waals surface area contributed by atoms with Crippen LogP contribution in [-0.4, -0.2) is 106 Å². The number of aliphatic hydroxyl groups is 1. The first-order chi connectivity index (χ1) is 26.2. The monoisotopic (exact) mass is 759 g/mol. The van der Waals surface area contributed by atoms with Gasteiger partial charge in [-0.3, -0.25) is 33.6 Å². The van der Waals surface area contributed by atoms with Crippen LogP contribution in [0.25, 0.3) is 0 Å². The van der Waals surface area contributed by atoms with Gasteiger partial charge in [0, 0.05) is 30.6 Å². The predicted molar refractivity (Wildman–Crippen MR) is 202 cm³/mol. The molecule has 15 heteroatoms. The average Bonchev–Trinajstić information content (AvgIpc) is 3.80. The van der Waals surface area contributed by atoms with Crippen LogP contribution in [0.3, 0.4) is 0 Å². The smallest absolute Gasteiger partial charge is 0.251 e. The van der Waals surface area contributed by atoms with Gasteiger partial charge in [-0.25, -0.2) is 0 Å². The zero-order chi connectivity index (χ0) is 39.8. The Hall–Kier alpha value is -5.31. The molecule has 2 aromatic rings. The molecule has 1 saturated carbocycles. The molecule has 55 heavy (non-hydrogen) atoms. The summed E-state index contributed by atoms with van der Waals surface area (Å²) in [6.45, 7) is 6.52. The molecule has 7 N–H and O–H groups in total.